The third kappa shape index (κ3) is 3.61. The molecule has 0 amide bonds. The fraction of sp³-hybridized carbons (Fsp3) is 0.368. The molecule has 1 fully saturated rings. The average molecular weight is 382 g/mol. The highest BCUT2D eigenvalue weighted by atomic mass is 16.5. The molecule has 0 spiro atoms. The third-order valence-corrected chi connectivity index (χ3v) is 4.93. The Bertz CT molecular complexity index is 963. The van der Waals surface area contributed by atoms with Crippen molar-refractivity contribution in [3.63, 3.8) is 0 Å². The Hall–Kier alpha value is -3.20. The van der Waals surface area contributed by atoms with E-state index >= 15 is 0 Å². The van der Waals surface area contributed by atoms with Crippen molar-refractivity contribution in [2.24, 2.45) is 0 Å². The van der Waals surface area contributed by atoms with Crippen molar-refractivity contribution in [2.45, 2.75) is 0 Å². The van der Waals surface area contributed by atoms with Gasteiger partial charge in [-0.05, 0) is 30.3 Å². The van der Waals surface area contributed by atoms with Crippen molar-refractivity contribution >= 4 is 17.3 Å². The molecule has 0 bridgehead atoms. The van der Waals surface area contributed by atoms with E-state index in [0.717, 1.165) is 54.5 Å². The molecular weight excluding hydrogens is 360 g/mol. The monoisotopic (exact) mass is 382 g/mol. The number of rotatable bonds is 5. The first-order valence-corrected chi connectivity index (χ1v) is 9.07. The fourth-order valence-electron chi connectivity index (χ4n) is 3.34. The maximum atomic E-state index is 11.5. The van der Waals surface area contributed by atoms with Gasteiger partial charge in [-0.1, -0.05) is 0 Å². The van der Waals surface area contributed by atoms with Crippen LogP contribution < -0.4 is 9.64 Å². The second-order valence-corrected chi connectivity index (χ2v) is 6.58. The van der Waals surface area contributed by atoms with Gasteiger partial charge in [-0.15, -0.1) is 10.2 Å². The van der Waals surface area contributed by atoms with Gasteiger partial charge in [-0.2, -0.15) is 9.61 Å². The van der Waals surface area contributed by atoms with Gasteiger partial charge in [0, 0.05) is 31.7 Å². The fourth-order valence-corrected chi connectivity index (χ4v) is 3.34. The van der Waals surface area contributed by atoms with Crippen LogP contribution in [0.25, 0.3) is 16.9 Å². The molecule has 0 saturated carbocycles. The van der Waals surface area contributed by atoms with Crippen LogP contribution in [0.5, 0.6) is 5.75 Å². The molecule has 146 valence electrons. The second kappa shape index (κ2) is 7.81. The Balaban J connectivity index is 1.60. The number of anilines is 1. The zero-order chi connectivity index (χ0) is 19.5. The number of esters is 1. The lowest BCUT2D eigenvalue weighted by Gasteiger charge is -2.35. The van der Waals surface area contributed by atoms with Crippen LogP contribution in [0.15, 0.2) is 36.7 Å². The van der Waals surface area contributed by atoms with Crippen LogP contribution in [-0.2, 0) is 9.53 Å². The molecule has 1 aliphatic heterocycles. The number of ether oxygens (including phenoxy) is 2. The minimum absolute atomic E-state index is 0.209. The summed E-state index contributed by atoms with van der Waals surface area (Å²) in [5, 5.41) is 12.9. The van der Waals surface area contributed by atoms with Gasteiger partial charge < -0.3 is 14.4 Å². The van der Waals surface area contributed by atoms with Gasteiger partial charge in [-0.25, -0.2) is 0 Å². The number of benzene rings is 1. The highest BCUT2D eigenvalue weighted by Gasteiger charge is 2.22. The van der Waals surface area contributed by atoms with Gasteiger partial charge in [0.25, 0.3) is 0 Å². The molecule has 1 aromatic carbocycles. The Kier molecular flexibility index (Phi) is 5.07. The van der Waals surface area contributed by atoms with Crippen LogP contribution in [0.2, 0.25) is 0 Å². The van der Waals surface area contributed by atoms with Crippen LogP contribution in [0, 0.1) is 0 Å². The lowest BCUT2D eigenvalue weighted by atomic mass is 10.1. The zero-order valence-electron chi connectivity index (χ0n) is 15.9. The number of aromatic nitrogens is 4. The smallest absolute Gasteiger partial charge is 0.319 e. The highest BCUT2D eigenvalue weighted by molar-refractivity contribution is 5.75. The molecule has 9 heteroatoms. The maximum absolute atomic E-state index is 11.5. The number of carbonyl (C=O) groups is 1. The van der Waals surface area contributed by atoms with Gasteiger partial charge in [0.15, 0.2) is 0 Å². The van der Waals surface area contributed by atoms with Crippen molar-refractivity contribution in [1.29, 1.82) is 0 Å². The van der Waals surface area contributed by atoms with Gasteiger partial charge in [0.1, 0.15) is 12.1 Å². The highest BCUT2D eigenvalue weighted by Crippen LogP contribution is 2.28. The first kappa shape index (κ1) is 18.2. The van der Waals surface area contributed by atoms with E-state index in [1.165, 1.54) is 7.11 Å². The van der Waals surface area contributed by atoms with E-state index in [-0.39, 0.29) is 5.97 Å². The lowest BCUT2D eigenvalue weighted by Crippen LogP contribution is -2.48. The van der Waals surface area contributed by atoms with Gasteiger partial charge in [0.05, 0.1) is 32.1 Å². The second-order valence-electron chi connectivity index (χ2n) is 6.58. The van der Waals surface area contributed by atoms with Crippen LogP contribution >= 0.6 is 0 Å². The van der Waals surface area contributed by atoms with Crippen molar-refractivity contribution in [2.75, 3.05) is 51.8 Å². The molecule has 3 aromatic rings. The summed E-state index contributed by atoms with van der Waals surface area (Å²) in [5.41, 5.74) is 3.53. The van der Waals surface area contributed by atoms with Gasteiger partial charge >= 0.3 is 5.97 Å². The minimum atomic E-state index is -0.209. The summed E-state index contributed by atoms with van der Waals surface area (Å²) in [4.78, 5) is 15.9. The quantitative estimate of drug-likeness (QED) is 0.607. The third-order valence-electron chi connectivity index (χ3n) is 4.93. The van der Waals surface area contributed by atoms with Crippen molar-refractivity contribution in [3.8, 4) is 17.0 Å². The van der Waals surface area contributed by atoms with E-state index in [2.05, 4.69) is 25.1 Å². The molecule has 2 aromatic heterocycles. The molecule has 1 aliphatic rings. The van der Waals surface area contributed by atoms with Crippen LogP contribution in [0.3, 0.4) is 0 Å². The van der Waals surface area contributed by atoms with E-state index in [4.69, 9.17) is 9.47 Å². The maximum Gasteiger partial charge on any atom is 0.319 e. The van der Waals surface area contributed by atoms with Crippen molar-refractivity contribution < 1.29 is 14.3 Å². The predicted molar refractivity (Wildman–Crippen MR) is 103 cm³/mol. The number of methoxy groups -OCH3 is 2. The molecule has 3 heterocycles. The Morgan fingerprint density at radius 1 is 1.11 bits per heavy atom. The normalized spacial score (nSPS) is 15.0. The van der Waals surface area contributed by atoms with Crippen LogP contribution in [0.4, 0.5) is 5.69 Å². The molecule has 4 rings (SSSR count). The lowest BCUT2D eigenvalue weighted by molar-refractivity contribution is -0.142. The minimum Gasteiger partial charge on any atom is -0.497 e. The molecule has 0 atom stereocenters. The number of hydrogen-bond acceptors (Lipinski definition) is 8. The summed E-state index contributed by atoms with van der Waals surface area (Å²) in [5.74, 6) is 0.593. The summed E-state index contributed by atoms with van der Waals surface area (Å²) in [7, 11) is 3.06. The van der Waals surface area contributed by atoms with E-state index in [9.17, 15) is 4.79 Å². The van der Waals surface area contributed by atoms with Crippen molar-refractivity contribution in [3.05, 3.63) is 36.7 Å². The van der Waals surface area contributed by atoms with Crippen LogP contribution in [0.1, 0.15) is 0 Å². The van der Waals surface area contributed by atoms with Crippen molar-refractivity contribution in [1.82, 2.24) is 24.7 Å². The number of nitrogens with zero attached hydrogens (tertiary/aromatic N) is 6. The van der Waals surface area contributed by atoms with Gasteiger partial charge in [-0.3, -0.25) is 9.69 Å². The van der Waals surface area contributed by atoms with E-state index in [1.807, 2.05) is 30.3 Å². The number of piperazine rings is 1. The molecule has 0 N–H and O–H groups in total. The Morgan fingerprint density at radius 3 is 2.54 bits per heavy atom. The standard InChI is InChI=1S/C19H22N6O3/c1-27-15-5-3-14(4-6-15)16-11-17(19-21-20-13-25(19)22-16)24-9-7-23(8-10-24)12-18(26)28-2/h3-6,11,13H,7-10,12H2,1-2H3. The van der Waals surface area contributed by atoms with Gasteiger partial charge in [0.2, 0.25) is 5.65 Å². The number of hydrogen-bond donors (Lipinski definition) is 0. The first-order chi connectivity index (χ1) is 13.7. The zero-order valence-corrected chi connectivity index (χ0v) is 15.9. The molecule has 0 radical (unpaired) electrons. The average Bonchev–Trinajstić information content (AvgIpc) is 3.22. The molecule has 9 nitrogen and oxygen atoms in total. The molecular formula is C19H22N6O3. The SMILES string of the molecule is COC(=O)CN1CCN(c2cc(-c3ccc(OC)cc3)nn3cnnc23)CC1. The summed E-state index contributed by atoms with van der Waals surface area (Å²) in [6.45, 7) is 3.43. The summed E-state index contributed by atoms with van der Waals surface area (Å²) < 4.78 is 11.7. The molecule has 28 heavy (non-hydrogen) atoms. The topological polar surface area (TPSA) is 85.1 Å². The summed E-state index contributed by atoms with van der Waals surface area (Å²) in [6.07, 6.45) is 1.61. The largest absolute Gasteiger partial charge is 0.497 e. The first-order valence-electron chi connectivity index (χ1n) is 9.07. The van der Waals surface area contributed by atoms with E-state index in [0.29, 0.717) is 6.54 Å². The molecule has 0 unspecified atom stereocenters. The number of carbonyl (C=O) groups excluding carboxylic acids is 1. The van der Waals surface area contributed by atoms with E-state index < -0.39 is 0 Å². The Labute approximate surface area is 162 Å². The van der Waals surface area contributed by atoms with Crippen LogP contribution in [-0.4, -0.2) is 77.6 Å². The molecule has 0 aliphatic carbocycles. The van der Waals surface area contributed by atoms with E-state index in [1.54, 1.807) is 18.0 Å². The summed E-state index contributed by atoms with van der Waals surface area (Å²) in [6, 6.07) is 9.84. The summed E-state index contributed by atoms with van der Waals surface area (Å²) >= 11 is 0. The number of fused-ring (bicyclic) bond motifs is 1. The Morgan fingerprint density at radius 2 is 1.86 bits per heavy atom. The predicted octanol–water partition coefficient (Wildman–Crippen LogP) is 1.09. The molecule has 1 saturated heterocycles.